The molecule has 4 atom stereocenters. The lowest BCUT2D eigenvalue weighted by Gasteiger charge is -2.47. The first-order chi connectivity index (χ1) is 15.6. The number of rotatable bonds is 10. The van der Waals surface area contributed by atoms with Crippen LogP contribution in [0.4, 0.5) is 0 Å². The highest BCUT2D eigenvalue weighted by molar-refractivity contribution is 8.07. The van der Waals surface area contributed by atoms with Crippen molar-refractivity contribution < 1.29 is 0 Å². The molecule has 0 saturated heterocycles. The average Bonchev–Trinajstić information content (AvgIpc) is 2.83. The standard InChI is InChI=1S/C32H54S/c1-13-23-21(9)31(11,19-7)27(17-5)25(15-3)29(23)33-30-24(14-2)22(10)32(12,20-8)28(18-6)26(30)16-4/h21-22H,13-20H2,1-12H3. The van der Waals surface area contributed by atoms with Gasteiger partial charge in [0, 0.05) is 9.81 Å². The quantitative estimate of drug-likeness (QED) is 0.306. The van der Waals surface area contributed by atoms with Gasteiger partial charge >= 0.3 is 0 Å². The normalized spacial score (nSPS) is 31.3. The lowest BCUT2D eigenvalue weighted by Crippen LogP contribution is -2.34. The highest BCUT2D eigenvalue weighted by Gasteiger charge is 2.44. The van der Waals surface area contributed by atoms with Crippen LogP contribution in [-0.2, 0) is 0 Å². The fourth-order valence-corrected chi connectivity index (χ4v) is 9.24. The van der Waals surface area contributed by atoms with Crippen molar-refractivity contribution in [2.45, 2.75) is 134 Å². The molecule has 0 heterocycles. The third-order valence-electron chi connectivity index (χ3n) is 10.0. The fraction of sp³-hybridized carbons (Fsp3) is 0.750. The van der Waals surface area contributed by atoms with Gasteiger partial charge in [-0.2, -0.15) is 0 Å². The van der Waals surface area contributed by atoms with E-state index in [0.29, 0.717) is 22.7 Å². The van der Waals surface area contributed by atoms with Crippen molar-refractivity contribution in [3.63, 3.8) is 0 Å². The van der Waals surface area contributed by atoms with E-state index in [1.807, 2.05) is 0 Å². The molecule has 0 N–H and O–H groups in total. The fourth-order valence-electron chi connectivity index (χ4n) is 7.35. The lowest BCUT2D eigenvalue weighted by atomic mass is 9.61. The molecule has 0 aromatic rings. The molecule has 0 aliphatic heterocycles. The molecule has 0 radical (unpaired) electrons. The van der Waals surface area contributed by atoms with Crippen molar-refractivity contribution in [2.24, 2.45) is 22.7 Å². The van der Waals surface area contributed by atoms with E-state index in [0.717, 1.165) is 12.8 Å². The molecule has 0 bridgehead atoms. The SMILES string of the molecule is CCC1=C(CC)C(C)(CC)C(C)C(CC)=C1SC1=C(CC)C(C)C(C)(CC)C(CC)=C1CC. The highest BCUT2D eigenvalue weighted by Crippen LogP contribution is 2.60. The molecular weight excluding hydrogens is 416 g/mol. The van der Waals surface area contributed by atoms with Crippen LogP contribution in [-0.4, -0.2) is 0 Å². The van der Waals surface area contributed by atoms with Crippen LogP contribution in [0.2, 0.25) is 0 Å². The first-order valence-corrected chi connectivity index (χ1v) is 15.0. The molecule has 0 saturated carbocycles. The van der Waals surface area contributed by atoms with E-state index >= 15 is 0 Å². The minimum Gasteiger partial charge on any atom is -0.0896 e. The Balaban J connectivity index is 2.84. The lowest BCUT2D eigenvalue weighted by molar-refractivity contribution is 0.260. The average molecular weight is 471 g/mol. The van der Waals surface area contributed by atoms with E-state index in [9.17, 15) is 0 Å². The molecule has 4 unspecified atom stereocenters. The molecule has 2 aliphatic rings. The Morgan fingerprint density at radius 3 is 1.09 bits per heavy atom. The maximum absolute atomic E-state index is 2.54. The monoisotopic (exact) mass is 470 g/mol. The molecule has 0 amide bonds. The summed E-state index contributed by atoms with van der Waals surface area (Å²) < 4.78 is 0. The number of hydrogen-bond donors (Lipinski definition) is 0. The zero-order chi connectivity index (χ0) is 25.1. The smallest absolute Gasteiger partial charge is 0.0149 e. The molecule has 2 rings (SSSR count). The molecule has 2 aliphatic carbocycles. The van der Waals surface area contributed by atoms with E-state index in [-0.39, 0.29) is 0 Å². The third-order valence-corrected chi connectivity index (χ3v) is 11.5. The number of thioether (sulfide) groups is 1. The molecule has 0 nitrogen and oxygen atoms in total. The van der Waals surface area contributed by atoms with E-state index in [1.165, 1.54) is 38.5 Å². The van der Waals surface area contributed by atoms with Gasteiger partial charge in [-0.3, -0.25) is 0 Å². The van der Waals surface area contributed by atoms with Crippen molar-refractivity contribution in [3.8, 4) is 0 Å². The first-order valence-electron chi connectivity index (χ1n) is 14.2. The number of allylic oxidation sites excluding steroid dienone is 6. The van der Waals surface area contributed by atoms with E-state index in [2.05, 4.69) is 94.8 Å². The summed E-state index contributed by atoms with van der Waals surface area (Å²) in [4.78, 5) is 3.29. The molecule has 33 heavy (non-hydrogen) atoms. The largest absolute Gasteiger partial charge is 0.0896 e. The molecule has 1 heteroatoms. The van der Waals surface area contributed by atoms with E-state index in [4.69, 9.17) is 0 Å². The second kappa shape index (κ2) is 11.4. The summed E-state index contributed by atoms with van der Waals surface area (Å²) in [6, 6.07) is 0. The van der Waals surface area contributed by atoms with Crippen molar-refractivity contribution >= 4 is 11.8 Å². The van der Waals surface area contributed by atoms with Gasteiger partial charge in [-0.25, -0.2) is 0 Å². The predicted molar refractivity (Wildman–Crippen MR) is 153 cm³/mol. The van der Waals surface area contributed by atoms with Gasteiger partial charge in [0.05, 0.1) is 0 Å². The van der Waals surface area contributed by atoms with Gasteiger partial charge in [0.1, 0.15) is 0 Å². The maximum Gasteiger partial charge on any atom is 0.0149 e. The van der Waals surface area contributed by atoms with Crippen molar-refractivity contribution in [2.75, 3.05) is 0 Å². The summed E-state index contributed by atoms with van der Waals surface area (Å²) in [5.74, 6) is 1.24. The van der Waals surface area contributed by atoms with Crippen LogP contribution in [0.5, 0.6) is 0 Å². The third kappa shape index (κ3) is 4.50. The van der Waals surface area contributed by atoms with Crippen LogP contribution >= 0.6 is 11.8 Å². The van der Waals surface area contributed by atoms with Crippen molar-refractivity contribution in [3.05, 3.63) is 43.2 Å². The maximum atomic E-state index is 2.54. The van der Waals surface area contributed by atoms with Crippen LogP contribution in [0.25, 0.3) is 0 Å². The zero-order valence-electron chi connectivity index (χ0n) is 24.2. The van der Waals surface area contributed by atoms with E-state index in [1.54, 1.807) is 43.2 Å². The summed E-state index contributed by atoms with van der Waals surface area (Å²) in [6.07, 6.45) is 9.47. The summed E-state index contributed by atoms with van der Waals surface area (Å²) >= 11 is 2.18. The Bertz CT molecular complexity index is 778. The van der Waals surface area contributed by atoms with Gasteiger partial charge < -0.3 is 0 Å². The minimum absolute atomic E-state index is 0.302. The number of hydrogen-bond acceptors (Lipinski definition) is 1. The first kappa shape index (κ1) is 28.5. The molecule has 188 valence electrons. The Morgan fingerprint density at radius 1 is 0.545 bits per heavy atom. The topological polar surface area (TPSA) is 0 Å². The van der Waals surface area contributed by atoms with Crippen LogP contribution < -0.4 is 0 Å². The van der Waals surface area contributed by atoms with Crippen LogP contribution in [0.3, 0.4) is 0 Å². The summed E-state index contributed by atoms with van der Waals surface area (Å²) in [5.41, 5.74) is 10.9. The van der Waals surface area contributed by atoms with Crippen molar-refractivity contribution in [1.29, 1.82) is 0 Å². The van der Waals surface area contributed by atoms with Crippen LogP contribution in [0.15, 0.2) is 43.2 Å². The summed E-state index contributed by atoms with van der Waals surface area (Å²) in [5, 5.41) is 0. The van der Waals surface area contributed by atoms with Gasteiger partial charge in [0.25, 0.3) is 0 Å². The Kier molecular flexibility index (Phi) is 9.83. The van der Waals surface area contributed by atoms with Gasteiger partial charge in [-0.15, -0.1) is 0 Å². The van der Waals surface area contributed by atoms with Crippen molar-refractivity contribution in [1.82, 2.24) is 0 Å². The predicted octanol–water partition coefficient (Wildman–Crippen LogP) is 11.4. The van der Waals surface area contributed by atoms with Crippen LogP contribution in [0, 0.1) is 22.7 Å². The minimum atomic E-state index is 0.302. The Hall–Kier alpha value is -0.690. The Labute approximate surface area is 211 Å². The molecular formula is C32H54S. The zero-order valence-corrected chi connectivity index (χ0v) is 25.0. The summed E-state index contributed by atoms with van der Waals surface area (Å²) in [6.45, 7) is 29.3. The van der Waals surface area contributed by atoms with Gasteiger partial charge in [0.15, 0.2) is 0 Å². The molecule has 0 aromatic heterocycles. The Morgan fingerprint density at radius 2 is 0.879 bits per heavy atom. The van der Waals surface area contributed by atoms with Gasteiger partial charge in [-0.1, -0.05) is 117 Å². The summed E-state index contributed by atoms with van der Waals surface area (Å²) in [7, 11) is 0. The second-order valence-corrected chi connectivity index (χ2v) is 11.9. The van der Waals surface area contributed by atoms with E-state index < -0.39 is 0 Å². The second-order valence-electron chi connectivity index (χ2n) is 10.8. The molecule has 0 fully saturated rings. The highest BCUT2D eigenvalue weighted by atomic mass is 32.2. The van der Waals surface area contributed by atoms with Gasteiger partial charge in [0.2, 0.25) is 0 Å². The van der Waals surface area contributed by atoms with Crippen LogP contribution in [0.1, 0.15) is 134 Å². The van der Waals surface area contributed by atoms with Gasteiger partial charge in [-0.05, 0) is 85.2 Å². The molecule has 0 spiro atoms. The molecule has 0 aromatic carbocycles.